The number of aryl methyl sites for hydroxylation is 2. The number of Topliss-reactive ketones (excluding diaryl/α,β-unsaturated/α-hetero) is 1. The molecule has 1 aromatic heterocycles. The number of benzene rings is 1. The van der Waals surface area contributed by atoms with Crippen molar-refractivity contribution in [2.45, 2.75) is 51.9 Å². The van der Waals surface area contributed by atoms with Crippen LogP contribution in [0, 0.1) is 19.7 Å². The van der Waals surface area contributed by atoms with E-state index in [2.05, 4.69) is 14.8 Å². The highest BCUT2D eigenvalue weighted by atomic mass is 19.1. The van der Waals surface area contributed by atoms with Gasteiger partial charge in [-0.25, -0.2) is 4.39 Å². The van der Waals surface area contributed by atoms with Crippen LogP contribution in [0.4, 0.5) is 15.9 Å². The number of piperidine rings is 1. The van der Waals surface area contributed by atoms with Crippen molar-refractivity contribution in [2.75, 3.05) is 36.5 Å². The number of carbonyl (C=O) groups excluding carboxylic acids is 1. The summed E-state index contributed by atoms with van der Waals surface area (Å²) in [6.07, 6.45) is 2.84. The molecule has 160 valence electrons. The van der Waals surface area contributed by atoms with Crippen LogP contribution in [-0.4, -0.2) is 37.4 Å². The van der Waals surface area contributed by atoms with E-state index in [-0.39, 0.29) is 17.2 Å². The fourth-order valence-electron chi connectivity index (χ4n) is 5.36. The molecule has 0 aliphatic carbocycles. The van der Waals surface area contributed by atoms with Crippen LogP contribution in [-0.2, 0) is 16.6 Å². The minimum absolute atomic E-state index is 0.00618. The van der Waals surface area contributed by atoms with Crippen molar-refractivity contribution >= 4 is 17.3 Å². The summed E-state index contributed by atoms with van der Waals surface area (Å²) in [5, 5.41) is 0. The second-order valence-corrected chi connectivity index (χ2v) is 8.94. The molecule has 1 fully saturated rings. The van der Waals surface area contributed by atoms with Gasteiger partial charge in [0.05, 0.1) is 5.41 Å². The normalized spacial score (nSPS) is 18.3. The van der Waals surface area contributed by atoms with Crippen LogP contribution in [0.3, 0.4) is 0 Å². The lowest BCUT2D eigenvalue weighted by Crippen LogP contribution is -2.48. The molecule has 1 N–H and O–H groups in total. The van der Waals surface area contributed by atoms with Gasteiger partial charge < -0.3 is 14.8 Å². The first-order chi connectivity index (χ1) is 14.2. The lowest BCUT2D eigenvalue weighted by molar-refractivity contribution is -0.123. The Bertz CT molecular complexity index is 1030. The number of carbonyl (C=O) groups is 1. The molecule has 2 aliphatic heterocycles. The summed E-state index contributed by atoms with van der Waals surface area (Å²) in [5.41, 5.74) is 3.23. The Morgan fingerprint density at radius 1 is 1.13 bits per heavy atom. The van der Waals surface area contributed by atoms with Crippen molar-refractivity contribution < 1.29 is 9.18 Å². The maximum atomic E-state index is 15.0. The second kappa shape index (κ2) is 7.56. The topological polar surface area (TPSA) is 56.4 Å². The number of hydrogen-bond donors (Lipinski definition) is 1. The molecule has 0 spiro atoms. The van der Waals surface area contributed by atoms with Gasteiger partial charge in [0.1, 0.15) is 17.4 Å². The highest BCUT2D eigenvalue weighted by Gasteiger charge is 2.43. The Labute approximate surface area is 176 Å². The SMILES string of the molecule is CC(=O)C1(c2c(C)cc(C)cc2F)CCN(c2cc3c(c(=O)[nH]2)CCCN3C)CC1. The number of fused-ring (bicyclic) bond motifs is 1. The number of rotatable bonds is 3. The molecule has 5 nitrogen and oxygen atoms in total. The zero-order chi connectivity index (χ0) is 21.6. The Kier molecular flexibility index (Phi) is 5.20. The van der Waals surface area contributed by atoms with E-state index in [1.165, 1.54) is 6.07 Å². The van der Waals surface area contributed by atoms with E-state index >= 15 is 0 Å². The number of nitrogens with zero attached hydrogens (tertiary/aromatic N) is 2. The number of hydrogen-bond acceptors (Lipinski definition) is 4. The number of halogens is 1. The summed E-state index contributed by atoms with van der Waals surface area (Å²) in [5.74, 6) is 0.498. The smallest absolute Gasteiger partial charge is 0.254 e. The Morgan fingerprint density at radius 3 is 2.47 bits per heavy atom. The fraction of sp³-hybridized carbons (Fsp3) is 0.500. The highest BCUT2D eigenvalue weighted by Crippen LogP contribution is 2.41. The molecule has 4 rings (SSSR count). The predicted molar refractivity (Wildman–Crippen MR) is 118 cm³/mol. The van der Waals surface area contributed by atoms with Gasteiger partial charge in [-0.15, -0.1) is 0 Å². The van der Waals surface area contributed by atoms with Crippen molar-refractivity contribution in [2.24, 2.45) is 0 Å². The number of anilines is 2. The van der Waals surface area contributed by atoms with E-state index in [4.69, 9.17) is 0 Å². The zero-order valence-electron chi connectivity index (χ0n) is 18.3. The molecule has 1 aromatic carbocycles. The van der Waals surface area contributed by atoms with Crippen LogP contribution in [0.5, 0.6) is 0 Å². The van der Waals surface area contributed by atoms with E-state index in [0.29, 0.717) is 31.5 Å². The summed E-state index contributed by atoms with van der Waals surface area (Å²) in [6.45, 7) is 7.45. The summed E-state index contributed by atoms with van der Waals surface area (Å²) in [6, 6.07) is 5.52. The molecule has 3 heterocycles. The van der Waals surface area contributed by atoms with Gasteiger partial charge >= 0.3 is 0 Å². The average molecular weight is 412 g/mol. The largest absolute Gasteiger partial charge is 0.374 e. The zero-order valence-corrected chi connectivity index (χ0v) is 18.3. The molecule has 0 unspecified atom stereocenters. The number of nitrogens with one attached hydrogen (secondary N) is 1. The molecule has 0 saturated carbocycles. The van der Waals surface area contributed by atoms with Gasteiger partial charge in [0.15, 0.2) is 0 Å². The molecular formula is C24H30FN3O2. The van der Waals surface area contributed by atoms with E-state index in [1.54, 1.807) is 6.92 Å². The summed E-state index contributed by atoms with van der Waals surface area (Å²) in [4.78, 5) is 32.7. The molecule has 0 amide bonds. The molecule has 30 heavy (non-hydrogen) atoms. The molecule has 0 bridgehead atoms. The van der Waals surface area contributed by atoms with Crippen molar-refractivity contribution in [1.29, 1.82) is 0 Å². The molecule has 0 atom stereocenters. The molecule has 1 saturated heterocycles. The third-order valence-electron chi connectivity index (χ3n) is 6.97. The lowest BCUT2D eigenvalue weighted by atomic mass is 9.68. The van der Waals surface area contributed by atoms with Crippen molar-refractivity contribution in [3.05, 3.63) is 56.6 Å². The number of ketones is 1. The first kappa shape index (κ1) is 20.6. The third kappa shape index (κ3) is 3.32. The van der Waals surface area contributed by atoms with Crippen LogP contribution < -0.4 is 15.4 Å². The highest BCUT2D eigenvalue weighted by molar-refractivity contribution is 5.89. The van der Waals surface area contributed by atoms with Crippen LogP contribution >= 0.6 is 0 Å². The number of pyridine rings is 1. The Hall–Kier alpha value is -2.63. The minimum Gasteiger partial charge on any atom is -0.374 e. The van der Waals surface area contributed by atoms with Gasteiger partial charge in [-0.3, -0.25) is 9.59 Å². The first-order valence-corrected chi connectivity index (χ1v) is 10.7. The first-order valence-electron chi connectivity index (χ1n) is 10.7. The fourth-order valence-corrected chi connectivity index (χ4v) is 5.36. The molecule has 6 heteroatoms. The van der Waals surface area contributed by atoms with Gasteiger partial charge in [-0.1, -0.05) is 6.07 Å². The van der Waals surface area contributed by atoms with Crippen molar-refractivity contribution in [1.82, 2.24) is 4.98 Å². The van der Waals surface area contributed by atoms with Gasteiger partial charge in [-0.2, -0.15) is 0 Å². The van der Waals surface area contributed by atoms with Gasteiger partial charge in [0, 0.05) is 49.6 Å². The monoisotopic (exact) mass is 411 g/mol. The molecule has 2 aromatic rings. The summed E-state index contributed by atoms with van der Waals surface area (Å²) < 4.78 is 15.0. The Balaban J connectivity index is 1.66. The quantitative estimate of drug-likeness (QED) is 0.838. The maximum Gasteiger partial charge on any atom is 0.254 e. The van der Waals surface area contributed by atoms with Crippen LogP contribution in [0.25, 0.3) is 0 Å². The molecule has 2 aliphatic rings. The van der Waals surface area contributed by atoms with E-state index < -0.39 is 5.41 Å². The Morgan fingerprint density at radius 2 is 1.83 bits per heavy atom. The van der Waals surface area contributed by atoms with Crippen LogP contribution in [0.1, 0.15) is 48.4 Å². The van der Waals surface area contributed by atoms with Crippen molar-refractivity contribution in [3.8, 4) is 0 Å². The number of aromatic nitrogens is 1. The average Bonchev–Trinajstić information content (AvgIpc) is 2.68. The lowest BCUT2D eigenvalue weighted by Gasteiger charge is -2.42. The van der Waals surface area contributed by atoms with Crippen molar-refractivity contribution in [3.63, 3.8) is 0 Å². The molecular weight excluding hydrogens is 381 g/mol. The number of aromatic amines is 1. The van der Waals surface area contributed by atoms with Gasteiger partial charge in [0.2, 0.25) is 0 Å². The summed E-state index contributed by atoms with van der Waals surface area (Å²) >= 11 is 0. The molecule has 0 radical (unpaired) electrons. The van der Waals surface area contributed by atoms with E-state index in [0.717, 1.165) is 47.6 Å². The predicted octanol–water partition coefficient (Wildman–Crippen LogP) is 3.64. The van der Waals surface area contributed by atoms with E-state index in [9.17, 15) is 14.0 Å². The third-order valence-corrected chi connectivity index (χ3v) is 6.97. The number of H-pyrrole nitrogens is 1. The van der Waals surface area contributed by atoms with E-state index in [1.807, 2.05) is 33.0 Å². The van der Waals surface area contributed by atoms with Gasteiger partial charge in [0.25, 0.3) is 5.56 Å². The standard InChI is InChI=1S/C24H30FN3O2/c1-15-12-16(2)22(19(25)13-15)24(17(3)29)7-10-28(11-8-24)21-14-20-18(23(30)26-21)6-5-9-27(20)4/h12-14H,5-11H2,1-4H3,(H,26,30). The second-order valence-electron chi connectivity index (χ2n) is 8.94. The minimum atomic E-state index is -0.816. The van der Waals surface area contributed by atoms with Gasteiger partial charge in [-0.05, 0) is 63.6 Å². The maximum absolute atomic E-state index is 15.0. The summed E-state index contributed by atoms with van der Waals surface area (Å²) in [7, 11) is 2.02. The van der Waals surface area contributed by atoms with Crippen LogP contribution in [0.2, 0.25) is 0 Å². The van der Waals surface area contributed by atoms with Crippen LogP contribution in [0.15, 0.2) is 23.0 Å².